The number of carbonyl (C=O) groups excluding carboxylic acids is 1. The predicted octanol–water partition coefficient (Wildman–Crippen LogP) is 2.78. The molecule has 1 amide bonds. The summed E-state index contributed by atoms with van der Waals surface area (Å²) in [5, 5.41) is 0. The van der Waals surface area contributed by atoms with Gasteiger partial charge in [0.2, 0.25) is 5.95 Å². The number of nitrogens with two attached hydrogens (primary N) is 1. The van der Waals surface area contributed by atoms with Gasteiger partial charge in [0, 0.05) is 23.5 Å². The van der Waals surface area contributed by atoms with Crippen LogP contribution in [0.4, 0.5) is 10.3 Å². The standard InChI is InChI=1S/C21H19FN4O3/c1-28-18-4-2-3-5-19(18)29-17-11-26(12-17)20(27)14-6-13(7-16(22)8-14)15-9-24-21(23)25-10-15/h2-10,17H,11-12H2,1H3,(H2,23,24,25). The average molecular weight is 394 g/mol. The molecule has 1 aliphatic heterocycles. The highest BCUT2D eigenvalue weighted by Gasteiger charge is 2.33. The van der Waals surface area contributed by atoms with Gasteiger partial charge in [0.1, 0.15) is 11.9 Å². The first-order chi connectivity index (χ1) is 14.0. The molecule has 0 radical (unpaired) electrons. The van der Waals surface area contributed by atoms with E-state index in [4.69, 9.17) is 15.2 Å². The molecule has 1 aliphatic rings. The largest absolute Gasteiger partial charge is 0.493 e. The van der Waals surface area contributed by atoms with E-state index in [2.05, 4.69) is 9.97 Å². The summed E-state index contributed by atoms with van der Waals surface area (Å²) in [7, 11) is 1.58. The second kappa shape index (κ2) is 7.75. The highest BCUT2D eigenvalue weighted by molar-refractivity contribution is 5.96. The van der Waals surface area contributed by atoms with Crippen molar-refractivity contribution in [1.82, 2.24) is 14.9 Å². The molecular weight excluding hydrogens is 375 g/mol. The molecule has 1 saturated heterocycles. The zero-order valence-corrected chi connectivity index (χ0v) is 15.7. The molecule has 0 aliphatic carbocycles. The first-order valence-corrected chi connectivity index (χ1v) is 9.01. The second-order valence-electron chi connectivity index (χ2n) is 6.66. The third-order valence-electron chi connectivity index (χ3n) is 4.65. The molecule has 29 heavy (non-hydrogen) atoms. The Morgan fingerprint density at radius 3 is 2.48 bits per heavy atom. The van der Waals surface area contributed by atoms with Crippen molar-refractivity contribution in [3.63, 3.8) is 0 Å². The first-order valence-electron chi connectivity index (χ1n) is 9.01. The Labute approximate surface area is 166 Å². The Morgan fingerprint density at radius 2 is 1.79 bits per heavy atom. The number of rotatable bonds is 5. The van der Waals surface area contributed by atoms with Crippen molar-refractivity contribution in [1.29, 1.82) is 0 Å². The zero-order valence-electron chi connectivity index (χ0n) is 15.7. The molecule has 148 valence electrons. The Morgan fingerprint density at radius 1 is 1.10 bits per heavy atom. The maximum Gasteiger partial charge on any atom is 0.254 e. The number of ether oxygens (including phenoxy) is 2. The van der Waals surface area contributed by atoms with Crippen LogP contribution in [0.5, 0.6) is 11.5 Å². The summed E-state index contributed by atoms with van der Waals surface area (Å²) in [6.07, 6.45) is 2.84. The molecule has 0 spiro atoms. The third kappa shape index (κ3) is 3.96. The van der Waals surface area contributed by atoms with E-state index in [9.17, 15) is 9.18 Å². The summed E-state index contributed by atoms with van der Waals surface area (Å²) < 4.78 is 25.3. The van der Waals surface area contributed by atoms with Crippen molar-refractivity contribution >= 4 is 11.9 Å². The summed E-state index contributed by atoms with van der Waals surface area (Å²) in [5.41, 5.74) is 6.83. The number of hydrogen-bond acceptors (Lipinski definition) is 6. The summed E-state index contributed by atoms with van der Waals surface area (Å²) >= 11 is 0. The van der Waals surface area contributed by atoms with Crippen molar-refractivity contribution in [2.24, 2.45) is 0 Å². The van der Waals surface area contributed by atoms with Gasteiger partial charge in [-0.15, -0.1) is 0 Å². The minimum absolute atomic E-state index is 0.128. The van der Waals surface area contributed by atoms with E-state index in [1.807, 2.05) is 24.3 Å². The van der Waals surface area contributed by atoms with Gasteiger partial charge in [0.25, 0.3) is 5.91 Å². The quantitative estimate of drug-likeness (QED) is 0.716. The minimum atomic E-state index is -0.509. The van der Waals surface area contributed by atoms with E-state index in [0.717, 1.165) is 0 Å². The fourth-order valence-corrected chi connectivity index (χ4v) is 3.12. The molecule has 8 heteroatoms. The Bertz CT molecular complexity index is 1040. The van der Waals surface area contributed by atoms with E-state index in [-0.39, 0.29) is 23.5 Å². The van der Waals surface area contributed by atoms with Crippen molar-refractivity contribution in [2.45, 2.75) is 6.10 Å². The lowest BCUT2D eigenvalue weighted by molar-refractivity contribution is 0.0168. The zero-order chi connectivity index (χ0) is 20.4. The highest BCUT2D eigenvalue weighted by atomic mass is 19.1. The molecule has 0 atom stereocenters. The normalized spacial score (nSPS) is 13.7. The molecule has 3 aromatic rings. The van der Waals surface area contributed by atoms with E-state index in [1.165, 1.54) is 24.5 Å². The van der Waals surface area contributed by atoms with Crippen LogP contribution < -0.4 is 15.2 Å². The molecule has 2 heterocycles. The number of anilines is 1. The maximum absolute atomic E-state index is 14.1. The minimum Gasteiger partial charge on any atom is -0.493 e. The second-order valence-corrected chi connectivity index (χ2v) is 6.66. The van der Waals surface area contributed by atoms with Crippen LogP contribution >= 0.6 is 0 Å². The fraction of sp³-hybridized carbons (Fsp3) is 0.190. The van der Waals surface area contributed by atoms with Gasteiger partial charge in [-0.25, -0.2) is 14.4 Å². The molecule has 4 rings (SSSR count). The Balaban J connectivity index is 1.45. The number of benzene rings is 2. The number of nitrogen functional groups attached to an aromatic ring is 1. The van der Waals surface area contributed by atoms with Gasteiger partial charge in [0.15, 0.2) is 11.5 Å². The molecular formula is C21H19FN4O3. The summed E-state index contributed by atoms with van der Waals surface area (Å²) in [6.45, 7) is 0.821. The van der Waals surface area contributed by atoms with Crippen molar-refractivity contribution < 1.29 is 18.7 Å². The molecule has 0 bridgehead atoms. The van der Waals surface area contributed by atoms with Gasteiger partial charge < -0.3 is 20.1 Å². The molecule has 0 saturated carbocycles. The number of hydrogen-bond donors (Lipinski definition) is 1. The van der Waals surface area contributed by atoms with Gasteiger partial charge in [-0.2, -0.15) is 0 Å². The van der Waals surface area contributed by atoms with Crippen LogP contribution in [0.25, 0.3) is 11.1 Å². The van der Waals surface area contributed by atoms with Gasteiger partial charge >= 0.3 is 0 Å². The third-order valence-corrected chi connectivity index (χ3v) is 4.65. The first kappa shape index (κ1) is 18.7. The van der Waals surface area contributed by atoms with E-state index in [1.54, 1.807) is 18.1 Å². The van der Waals surface area contributed by atoms with E-state index < -0.39 is 5.82 Å². The SMILES string of the molecule is COc1ccccc1OC1CN(C(=O)c2cc(F)cc(-c3cnc(N)nc3)c2)C1. The van der Waals surface area contributed by atoms with Crippen LogP contribution in [0, 0.1) is 5.82 Å². The number of halogens is 1. The van der Waals surface area contributed by atoms with Crippen LogP contribution in [-0.4, -0.2) is 47.1 Å². The van der Waals surface area contributed by atoms with E-state index in [0.29, 0.717) is 35.7 Å². The molecule has 2 aromatic carbocycles. The van der Waals surface area contributed by atoms with Gasteiger partial charge in [0.05, 0.1) is 20.2 Å². The van der Waals surface area contributed by atoms with Crippen molar-refractivity contribution in [2.75, 3.05) is 25.9 Å². The number of carbonyl (C=O) groups is 1. The lowest BCUT2D eigenvalue weighted by Crippen LogP contribution is -2.56. The topological polar surface area (TPSA) is 90.6 Å². The molecule has 2 N–H and O–H groups in total. The highest BCUT2D eigenvalue weighted by Crippen LogP contribution is 2.29. The number of amides is 1. The molecule has 0 unspecified atom stereocenters. The molecule has 7 nitrogen and oxygen atoms in total. The Kier molecular flexibility index (Phi) is 4.99. The smallest absolute Gasteiger partial charge is 0.254 e. The fourth-order valence-electron chi connectivity index (χ4n) is 3.12. The number of para-hydroxylation sites is 2. The number of likely N-dealkylation sites (tertiary alicyclic amines) is 1. The van der Waals surface area contributed by atoms with Crippen LogP contribution in [-0.2, 0) is 0 Å². The monoisotopic (exact) mass is 394 g/mol. The maximum atomic E-state index is 14.1. The van der Waals surface area contributed by atoms with Crippen LogP contribution in [0.3, 0.4) is 0 Å². The van der Waals surface area contributed by atoms with Crippen molar-refractivity contribution in [3.8, 4) is 22.6 Å². The number of nitrogens with zero attached hydrogens (tertiary/aromatic N) is 3. The summed E-state index contributed by atoms with van der Waals surface area (Å²) in [4.78, 5) is 22.2. The van der Waals surface area contributed by atoms with Crippen LogP contribution in [0.15, 0.2) is 54.9 Å². The van der Waals surface area contributed by atoms with E-state index >= 15 is 0 Å². The van der Waals surface area contributed by atoms with Crippen LogP contribution in [0.2, 0.25) is 0 Å². The van der Waals surface area contributed by atoms with Crippen molar-refractivity contribution in [3.05, 3.63) is 66.2 Å². The summed E-state index contributed by atoms with van der Waals surface area (Å²) in [5.74, 6) is 0.622. The summed E-state index contributed by atoms with van der Waals surface area (Å²) in [6, 6.07) is 11.5. The molecule has 1 aromatic heterocycles. The lowest BCUT2D eigenvalue weighted by atomic mass is 10.0. The lowest BCUT2D eigenvalue weighted by Gasteiger charge is -2.39. The number of methoxy groups -OCH3 is 1. The van der Waals surface area contributed by atoms with Gasteiger partial charge in [-0.3, -0.25) is 4.79 Å². The van der Waals surface area contributed by atoms with Gasteiger partial charge in [-0.05, 0) is 35.9 Å². The number of aromatic nitrogens is 2. The van der Waals surface area contributed by atoms with Crippen LogP contribution in [0.1, 0.15) is 10.4 Å². The average Bonchev–Trinajstić information content (AvgIpc) is 2.70. The Hall–Kier alpha value is -3.68. The molecule has 1 fully saturated rings. The predicted molar refractivity (Wildman–Crippen MR) is 105 cm³/mol. The van der Waals surface area contributed by atoms with Gasteiger partial charge in [-0.1, -0.05) is 12.1 Å².